The topological polar surface area (TPSA) is 0 Å². The fourth-order valence-corrected chi connectivity index (χ4v) is 3.97. The van der Waals surface area contributed by atoms with Gasteiger partial charge in [0.25, 0.3) is 0 Å². The molecule has 0 unspecified atom stereocenters. The predicted octanol–water partition coefficient (Wildman–Crippen LogP) is 7.20. The molecule has 0 N–H and O–H groups in total. The van der Waals surface area contributed by atoms with Crippen molar-refractivity contribution in [3.8, 4) is 0 Å². The molecule has 0 aliphatic rings. The molecule has 120 valence electrons. The molecule has 0 saturated heterocycles. The Balaban J connectivity index is 3.30. The first-order chi connectivity index (χ1) is 9.46. The van der Waals surface area contributed by atoms with Crippen LogP contribution in [0.1, 0.15) is 77.5 Å². The van der Waals surface area contributed by atoms with Crippen LogP contribution in [0.15, 0.2) is 23.8 Å². The van der Waals surface area contributed by atoms with Crippen molar-refractivity contribution in [3.05, 3.63) is 33.5 Å². The Kier molecular flexibility index (Phi) is 5.89. The standard InChI is InChI=1S/C20H34S/c1-10-17(20(7,8)9)16(13-14(2)19(4,5)6)18-12-11-15(3)21-18/h11-13,16-17H,10H2,1-9H3/b14-13+/t16-,17+/m1/s1. The number of allylic oxidation sites excluding steroid dienone is 2. The van der Waals surface area contributed by atoms with Gasteiger partial charge in [0.15, 0.2) is 0 Å². The van der Waals surface area contributed by atoms with E-state index in [9.17, 15) is 0 Å². The van der Waals surface area contributed by atoms with Gasteiger partial charge in [-0.3, -0.25) is 0 Å². The number of hydrogen-bond donors (Lipinski definition) is 0. The summed E-state index contributed by atoms with van der Waals surface area (Å²) in [5.41, 5.74) is 2.08. The van der Waals surface area contributed by atoms with Crippen LogP contribution in [-0.2, 0) is 0 Å². The van der Waals surface area contributed by atoms with E-state index in [-0.39, 0.29) is 5.41 Å². The second kappa shape index (κ2) is 6.69. The summed E-state index contributed by atoms with van der Waals surface area (Å²) in [6, 6.07) is 4.61. The van der Waals surface area contributed by atoms with E-state index in [1.54, 1.807) is 0 Å². The minimum Gasteiger partial charge on any atom is -0.145 e. The molecule has 0 aliphatic heterocycles. The maximum absolute atomic E-state index is 2.55. The molecule has 1 heteroatoms. The smallest absolute Gasteiger partial charge is 0.0148 e. The Morgan fingerprint density at radius 1 is 1.14 bits per heavy atom. The third-order valence-corrected chi connectivity index (χ3v) is 5.79. The van der Waals surface area contributed by atoms with Crippen LogP contribution in [0.2, 0.25) is 0 Å². The Hall–Kier alpha value is -0.560. The van der Waals surface area contributed by atoms with E-state index in [1.807, 2.05) is 11.3 Å². The van der Waals surface area contributed by atoms with E-state index in [1.165, 1.54) is 21.7 Å². The van der Waals surface area contributed by atoms with Crippen molar-refractivity contribution in [1.82, 2.24) is 0 Å². The summed E-state index contributed by atoms with van der Waals surface area (Å²) in [4.78, 5) is 2.94. The van der Waals surface area contributed by atoms with Gasteiger partial charge < -0.3 is 0 Å². The molecular formula is C20H34S. The molecule has 0 nitrogen and oxygen atoms in total. The summed E-state index contributed by atoms with van der Waals surface area (Å²) in [7, 11) is 0. The number of hydrogen-bond acceptors (Lipinski definition) is 1. The van der Waals surface area contributed by atoms with Gasteiger partial charge in [0.2, 0.25) is 0 Å². The Bertz CT molecular complexity index is 477. The average Bonchev–Trinajstić information content (AvgIpc) is 2.72. The number of thiophene rings is 1. The highest BCUT2D eigenvalue weighted by atomic mass is 32.1. The SMILES string of the molecule is CC[C@@H]([C@@H](/C=C(\C)C(C)(C)C)c1ccc(C)s1)C(C)(C)C. The average molecular weight is 307 g/mol. The third kappa shape index (κ3) is 4.98. The van der Waals surface area contributed by atoms with Crippen LogP contribution < -0.4 is 0 Å². The zero-order valence-corrected chi connectivity index (χ0v) is 16.3. The van der Waals surface area contributed by atoms with Gasteiger partial charge in [0.05, 0.1) is 0 Å². The van der Waals surface area contributed by atoms with Gasteiger partial charge in [-0.1, -0.05) is 66.5 Å². The fraction of sp³-hybridized carbons (Fsp3) is 0.700. The van der Waals surface area contributed by atoms with Gasteiger partial charge in [0, 0.05) is 15.7 Å². The Morgan fingerprint density at radius 2 is 1.71 bits per heavy atom. The summed E-state index contributed by atoms with van der Waals surface area (Å²) < 4.78 is 0. The zero-order chi connectivity index (χ0) is 16.4. The normalized spacial score (nSPS) is 16.9. The van der Waals surface area contributed by atoms with Crippen LogP contribution in [-0.4, -0.2) is 0 Å². The highest BCUT2D eigenvalue weighted by molar-refractivity contribution is 7.12. The van der Waals surface area contributed by atoms with E-state index in [4.69, 9.17) is 0 Å². The van der Waals surface area contributed by atoms with Crippen molar-refractivity contribution in [3.63, 3.8) is 0 Å². The van der Waals surface area contributed by atoms with E-state index in [0.29, 0.717) is 17.3 Å². The van der Waals surface area contributed by atoms with Gasteiger partial charge in [-0.2, -0.15) is 0 Å². The monoisotopic (exact) mass is 306 g/mol. The number of aryl methyl sites for hydroxylation is 1. The molecule has 0 bridgehead atoms. The van der Waals surface area contributed by atoms with Crippen molar-refractivity contribution in [2.75, 3.05) is 0 Å². The molecule has 1 heterocycles. The van der Waals surface area contributed by atoms with E-state index < -0.39 is 0 Å². The van der Waals surface area contributed by atoms with E-state index >= 15 is 0 Å². The van der Waals surface area contributed by atoms with Crippen LogP contribution in [0.3, 0.4) is 0 Å². The zero-order valence-electron chi connectivity index (χ0n) is 15.5. The molecule has 0 amide bonds. The first kappa shape index (κ1) is 18.5. The first-order valence-electron chi connectivity index (χ1n) is 8.22. The van der Waals surface area contributed by atoms with Crippen LogP contribution in [0, 0.1) is 23.7 Å². The highest BCUT2D eigenvalue weighted by Gasteiger charge is 2.32. The lowest BCUT2D eigenvalue weighted by molar-refractivity contribution is 0.213. The molecule has 1 aromatic rings. The lowest BCUT2D eigenvalue weighted by Crippen LogP contribution is -2.26. The van der Waals surface area contributed by atoms with Gasteiger partial charge in [-0.05, 0) is 42.7 Å². The van der Waals surface area contributed by atoms with Crippen LogP contribution in [0.5, 0.6) is 0 Å². The number of rotatable bonds is 4. The van der Waals surface area contributed by atoms with Crippen LogP contribution >= 0.6 is 11.3 Å². The second-order valence-electron chi connectivity index (χ2n) is 8.45. The molecule has 0 radical (unpaired) electrons. The molecule has 1 aromatic heterocycles. The van der Waals surface area contributed by atoms with Crippen molar-refractivity contribution in [2.45, 2.75) is 74.7 Å². The maximum atomic E-state index is 2.55. The predicted molar refractivity (Wildman–Crippen MR) is 98.2 cm³/mol. The van der Waals surface area contributed by atoms with Crippen molar-refractivity contribution < 1.29 is 0 Å². The lowest BCUT2D eigenvalue weighted by atomic mass is 9.70. The molecule has 2 atom stereocenters. The fourth-order valence-electron chi connectivity index (χ4n) is 2.95. The largest absolute Gasteiger partial charge is 0.145 e. The first-order valence-corrected chi connectivity index (χ1v) is 9.03. The molecule has 0 saturated carbocycles. The van der Waals surface area contributed by atoms with Gasteiger partial charge in [-0.25, -0.2) is 0 Å². The maximum Gasteiger partial charge on any atom is 0.0148 e. The highest BCUT2D eigenvalue weighted by Crippen LogP contribution is 2.44. The quantitative estimate of drug-likeness (QED) is 0.516. The lowest BCUT2D eigenvalue weighted by Gasteiger charge is -2.36. The minimum atomic E-state index is 0.251. The molecule has 21 heavy (non-hydrogen) atoms. The van der Waals surface area contributed by atoms with E-state index in [0.717, 1.165) is 0 Å². The van der Waals surface area contributed by atoms with Crippen molar-refractivity contribution in [1.29, 1.82) is 0 Å². The molecular weight excluding hydrogens is 272 g/mol. The van der Waals surface area contributed by atoms with Crippen molar-refractivity contribution >= 4 is 11.3 Å². The molecule has 1 rings (SSSR count). The Labute approximate surface area is 136 Å². The summed E-state index contributed by atoms with van der Waals surface area (Å²) in [5.74, 6) is 1.21. The third-order valence-electron chi connectivity index (χ3n) is 4.69. The summed E-state index contributed by atoms with van der Waals surface area (Å²) >= 11 is 1.96. The molecule has 0 spiro atoms. The minimum absolute atomic E-state index is 0.251. The molecule has 0 aromatic carbocycles. The van der Waals surface area contributed by atoms with Crippen LogP contribution in [0.4, 0.5) is 0 Å². The Morgan fingerprint density at radius 3 is 2.05 bits per heavy atom. The summed E-state index contributed by atoms with van der Waals surface area (Å²) in [5, 5.41) is 0. The molecule has 0 fully saturated rings. The summed E-state index contributed by atoms with van der Waals surface area (Å²) in [6.45, 7) is 20.9. The second-order valence-corrected chi connectivity index (χ2v) is 9.77. The van der Waals surface area contributed by atoms with Crippen LogP contribution in [0.25, 0.3) is 0 Å². The van der Waals surface area contributed by atoms with Gasteiger partial charge >= 0.3 is 0 Å². The summed E-state index contributed by atoms with van der Waals surface area (Å²) in [6.07, 6.45) is 3.77. The van der Waals surface area contributed by atoms with E-state index in [2.05, 4.69) is 80.5 Å². The van der Waals surface area contributed by atoms with Gasteiger partial charge in [0.1, 0.15) is 0 Å². The van der Waals surface area contributed by atoms with Crippen molar-refractivity contribution in [2.24, 2.45) is 16.7 Å². The van der Waals surface area contributed by atoms with Gasteiger partial charge in [-0.15, -0.1) is 11.3 Å². The molecule has 0 aliphatic carbocycles.